The van der Waals surface area contributed by atoms with Crippen molar-refractivity contribution in [3.8, 4) is 11.4 Å². The van der Waals surface area contributed by atoms with E-state index in [1.807, 2.05) is 34.9 Å². The number of anilines is 1. The first-order valence-electron chi connectivity index (χ1n) is 10.1. The minimum Gasteiger partial charge on any atom is -0.300 e. The number of carbonyl (C=O) groups is 1. The van der Waals surface area contributed by atoms with Crippen molar-refractivity contribution in [3.05, 3.63) is 48.0 Å². The molecule has 1 saturated carbocycles. The van der Waals surface area contributed by atoms with Crippen LogP contribution in [0, 0.1) is 0 Å². The van der Waals surface area contributed by atoms with Gasteiger partial charge >= 0.3 is 0 Å². The Bertz CT molecular complexity index is 994. The number of rotatable bonds is 8. The third kappa shape index (κ3) is 4.96. The first-order chi connectivity index (χ1) is 14.7. The SMILES string of the molecule is C=CCn1c(SCC(=O)Nc2nnc(C3CCCCC3)s2)nnc1-c1ccccc1. The monoisotopic (exact) mass is 440 g/mol. The van der Waals surface area contributed by atoms with Crippen LogP contribution in [-0.4, -0.2) is 36.6 Å². The number of amides is 1. The van der Waals surface area contributed by atoms with Gasteiger partial charge in [-0.2, -0.15) is 0 Å². The number of carbonyl (C=O) groups excluding carboxylic acids is 1. The molecule has 0 spiro atoms. The molecule has 4 rings (SSSR count). The average molecular weight is 441 g/mol. The molecule has 2 heterocycles. The van der Waals surface area contributed by atoms with Crippen LogP contribution >= 0.6 is 23.1 Å². The predicted octanol–water partition coefficient (Wildman–Crippen LogP) is 4.76. The highest BCUT2D eigenvalue weighted by atomic mass is 32.2. The first kappa shape index (κ1) is 20.7. The topological polar surface area (TPSA) is 85.6 Å². The van der Waals surface area contributed by atoms with E-state index in [1.165, 1.54) is 55.2 Å². The van der Waals surface area contributed by atoms with Crippen molar-refractivity contribution in [2.24, 2.45) is 0 Å². The van der Waals surface area contributed by atoms with E-state index in [0.29, 0.717) is 22.8 Å². The van der Waals surface area contributed by atoms with Crippen molar-refractivity contribution in [1.29, 1.82) is 0 Å². The molecule has 0 atom stereocenters. The molecule has 1 N–H and O–H groups in total. The van der Waals surface area contributed by atoms with E-state index < -0.39 is 0 Å². The normalized spacial score (nSPS) is 14.5. The lowest BCUT2D eigenvalue weighted by Crippen LogP contribution is -2.14. The fourth-order valence-corrected chi connectivity index (χ4v) is 5.25. The van der Waals surface area contributed by atoms with Crippen molar-refractivity contribution in [2.45, 2.75) is 49.7 Å². The highest BCUT2D eigenvalue weighted by molar-refractivity contribution is 7.99. The molecular weight excluding hydrogens is 416 g/mol. The molecule has 0 aliphatic heterocycles. The van der Waals surface area contributed by atoms with Crippen LogP contribution in [-0.2, 0) is 11.3 Å². The summed E-state index contributed by atoms with van der Waals surface area (Å²) in [6.07, 6.45) is 7.94. The van der Waals surface area contributed by atoms with Gasteiger partial charge in [0.15, 0.2) is 11.0 Å². The van der Waals surface area contributed by atoms with Crippen LogP contribution in [0.15, 0.2) is 48.1 Å². The minimum absolute atomic E-state index is 0.124. The van der Waals surface area contributed by atoms with Crippen LogP contribution < -0.4 is 5.32 Å². The van der Waals surface area contributed by atoms with Gasteiger partial charge in [-0.25, -0.2) is 0 Å². The molecule has 1 aliphatic carbocycles. The number of benzene rings is 1. The van der Waals surface area contributed by atoms with Crippen LogP contribution in [0.1, 0.15) is 43.0 Å². The molecule has 156 valence electrons. The summed E-state index contributed by atoms with van der Waals surface area (Å²) in [6, 6.07) is 9.87. The van der Waals surface area contributed by atoms with E-state index in [2.05, 4.69) is 32.3 Å². The van der Waals surface area contributed by atoms with Crippen LogP contribution in [0.4, 0.5) is 5.13 Å². The molecule has 0 unspecified atom stereocenters. The van der Waals surface area contributed by atoms with Crippen LogP contribution in [0.2, 0.25) is 0 Å². The van der Waals surface area contributed by atoms with Crippen molar-refractivity contribution < 1.29 is 4.79 Å². The molecule has 0 radical (unpaired) electrons. The Morgan fingerprint density at radius 2 is 1.97 bits per heavy atom. The number of allylic oxidation sites excluding steroid dienone is 1. The number of nitrogens with one attached hydrogen (secondary N) is 1. The van der Waals surface area contributed by atoms with Gasteiger partial charge in [0.25, 0.3) is 0 Å². The summed E-state index contributed by atoms with van der Waals surface area (Å²) >= 11 is 2.84. The summed E-state index contributed by atoms with van der Waals surface area (Å²) in [5.74, 6) is 1.35. The lowest BCUT2D eigenvalue weighted by atomic mass is 9.90. The van der Waals surface area contributed by atoms with Gasteiger partial charge in [-0.15, -0.1) is 27.0 Å². The molecule has 3 aromatic rings. The van der Waals surface area contributed by atoms with Gasteiger partial charge in [0.2, 0.25) is 11.0 Å². The van der Waals surface area contributed by atoms with Gasteiger partial charge in [-0.1, -0.05) is 78.8 Å². The maximum atomic E-state index is 12.4. The number of hydrogen-bond donors (Lipinski definition) is 1. The van der Waals surface area contributed by atoms with Gasteiger partial charge in [0.05, 0.1) is 5.75 Å². The van der Waals surface area contributed by atoms with Gasteiger partial charge < -0.3 is 0 Å². The van der Waals surface area contributed by atoms with E-state index in [-0.39, 0.29) is 11.7 Å². The van der Waals surface area contributed by atoms with E-state index in [9.17, 15) is 4.79 Å². The van der Waals surface area contributed by atoms with Gasteiger partial charge in [-0.3, -0.25) is 14.7 Å². The smallest absolute Gasteiger partial charge is 0.236 e. The van der Waals surface area contributed by atoms with Crippen LogP contribution in [0.25, 0.3) is 11.4 Å². The Balaban J connectivity index is 1.37. The molecule has 1 amide bonds. The summed E-state index contributed by atoms with van der Waals surface area (Å²) in [5.41, 5.74) is 0.979. The summed E-state index contributed by atoms with van der Waals surface area (Å²) in [7, 11) is 0. The van der Waals surface area contributed by atoms with E-state index in [4.69, 9.17) is 0 Å². The molecule has 7 nitrogen and oxygen atoms in total. The zero-order valence-electron chi connectivity index (χ0n) is 16.7. The molecule has 1 fully saturated rings. The highest BCUT2D eigenvalue weighted by Gasteiger charge is 2.20. The van der Waals surface area contributed by atoms with Crippen molar-refractivity contribution in [3.63, 3.8) is 0 Å². The number of aromatic nitrogens is 5. The molecule has 9 heteroatoms. The minimum atomic E-state index is -0.124. The lowest BCUT2D eigenvalue weighted by Gasteiger charge is -2.18. The fraction of sp³-hybridized carbons (Fsp3) is 0.381. The van der Waals surface area contributed by atoms with Crippen molar-refractivity contribution >= 4 is 34.1 Å². The third-order valence-electron chi connectivity index (χ3n) is 5.03. The number of hydrogen-bond acceptors (Lipinski definition) is 7. The Labute approximate surface area is 184 Å². The van der Waals surface area contributed by atoms with E-state index in [1.54, 1.807) is 6.08 Å². The Hall–Kier alpha value is -2.52. The average Bonchev–Trinajstić information content (AvgIpc) is 3.41. The van der Waals surface area contributed by atoms with Crippen LogP contribution in [0.5, 0.6) is 0 Å². The second-order valence-corrected chi connectivity index (χ2v) is 9.14. The molecule has 2 aromatic heterocycles. The second kappa shape index (κ2) is 9.99. The summed E-state index contributed by atoms with van der Waals surface area (Å²) in [4.78, 5) is 12.4. The Morgan fingerprint density at radius 3 is 2.73 bits per heavy atom. The third-order valence-corrected chi connectivity index (χ3v) is 7.00. The van der Waals surface area contributed by atoms with Crippen LogP contribution in [0.3, 0.4) is 0 Å². The highest BCUT2D eigenvalue weighted by Crippen LogP contribution is 2.35. The Kier molecular flexibility index (Phi) is 6.91. The molecule has 0 bridgehead atoms. The summed E-state index contributed by atoms with van der Waals surface area (Å²) < 4.78 is 1.96. The molecule has 30 heavy (non-hydrogen) atoms. The molecule has 1 aromatic carbocycles. The summed E-state index contributed by atoms with van der Waals surface area (Å²) in [6.45, 7) is 4.40. The predicted molar refractivity (Wildman–Crippen MR) is 121 cm³/mol. The maximum Gasteiger partial charge on any atom is 0.236 e. The first-order valence-corrected chi connectivity index (χ1v) is 11.9. The number of thioether (sulfide) groups is 1. The number of nitrogens with zero attached hydrogens (tertiary/aromatic N) is 5. The molecular formula is C21H24N6OS2. The van der Waals surface area contributed by atoms with Crippen molar-refractivity contribution in [1.82, 2.24) is 25.0 Å². The Morgan fingerprint density at radius 1 is 1.17 bits per heavy atom. The van der Waals surface area contributed by atoms with Gasteiger partial charge in [-0.05, 0) is 12.8 Å². The van der Waals surface area contributed by atoms with Gasteiger partial charge in [0.1, 0.15) is 5.01 Å². The maximum absolute atomic E-state index is 12.4. The fourth-order valence-electron chi connectivity index (χ4n) is 3.57. The molecule has 0 saturated heterocycles. The van der Waals surface area contributed by atoms with E-state index in [0.717, 1.165) is 16.4 Å². The standard InChI is InChI=1S/C21H24N6OS2/c1-2-13-27-18(15-9-5-3-6-10-15)23-26-21(27)29-14-17(28)22-20-25-24-19(30-20)16-11-7-4-8-12-16/h2-3,5-6,9-10,16H,1,4,7-8,11-14H2,(H,22,25,28). The largest absolute Gasteiger partial charge is 0.300 e. The van der Waals surface area contributed by atoms with Gasteiger partial charge in [0, 0.05) is 18.0 Å². The lowest BCUT2D eigenvalue weighted by molar-refractivity contribution is -0.113. The zero-order valence-corrected chi connectivity index (χ0v) is 18.3. The van der Waals surface area contributed by atoms with Crippen molar-refractivity contribution in [2.75, 3.05) is 11.1 Å². The summed E-state index contributed by atoms with van der Waals surface area (Å²) in [5, 5.41) is 22.2. The second-order valence-electron chi connectivity index (χ2n) is 7.19. The quantitative estimate of drug-likeness (QED) is 0.401. The molecule has 1 aliphatic rings. The van der Waals surface area contributed by atoms with E-state index >= 15 is 0 Å². The zero-order chi connectivity index (χ0) is 20.8.